The van der Waals surface area contributed by atoms with Gasteiger partial charge in [-0.05, 0) is 50.1 Å². The molecule has 0 bridgehead atoms. The number of carbonyl (C=O) groups is 1. The maximum absolute atomic E-state index is 12.2. The Labute approximate surface area is 170 Å². The SMILES string of the molecule is Cc1ccc(-n2cc(C3=CCN(CC(=O)NCc4ccc(C)o4)CC3)cn2)cc1. The first-order valence-electron chi connectivity index (χ1n) is 9.92. The van der Waals surface area contributed by atoms with Crippen LogP contribution in [0.2, 0.25) is 0 Å². The molecule has 0 radical (unpaired) electrons. The summed E-state index contributed by atoms with van der Waals surface area (Å²) in [6.07, 6.45) is 7.09. The zero-order valence-corrected chi connectivity index (χ0v) is 16.9. The highest BCUT2D eigenvalue weighted by Crippen LogP contribution is 2.23. The Hall–Kier alpha value is -3.12. The Morgan fingerprint density at radius 1 is 1.17 bits per heavy atom. The minimum atomic E-state index is 0.0168. The van der Waals surface area contributed by atoms with E-state index in [1.165, 1.54) is 11.1 Å². The highest BCUT2D eigenvalue weighted by molar-refractivity contribution is 5.78. The average molecular weight is 390 g/mol. The molecule has 150 valence electrons. The summed E-state index contributed by atoms with van der Waals surface area (Å²) in [6.45, 7) is 6.42. The monoisotopic (exact) mass is 390 g/mol. The lowest BCUT2D eigenvalue weighted by Crippen LogP contribution is -2.38. The lowest BCUT2D eigenvalue weighted by Gasteiger charge is -2.25. The number of hydrogen-bond acceptors (Lipinski definition) is 4. The van der Waals surface area contributed by atoms with E-state index in [1.807, 2.05) is 29.9 Å². The minimum absolute atomic E-state index is 0.0168. The molecule has 0 spiro atoms. The van der Waals surface area contributed by atoms with Gasteiger partial charge in [-0.2, -0.15) is 5.10 Å². The van der Waals surface area contributed by atoms with Crippen molar-refractivity contribution in [2.24, 2.45) is 0 Å². The van der Waals surface area contributed by atoms with Gasteiger partial charge in [-0.1, -0.05) is 23.8 Å². The van der Waals surface area contributed by atoms with Gasteiger partial charge in [0, 0.05) is 24.8 Å². The molecule has 2 aromatic heterocycles. The first kappa shape index (κ1) is 19.2. The largest absolute Gasteiger partial charge is 0.465 e. The van der Waals surface area contributed by atoms with Crippen LogP contribution in [0.25, 0.3) is 11.3 Å². The fourth-order valence-corrected chi connectivity index (χ4v) is 3.47. The standard InChI is InChI=1S/C23H26N4O2/c1-17-3-6-21(7-4-17)27-15-20(13-25-27)19-9-11-26(12-10-19)16-23(28)24-14-22-8-5-18(2)29-22/h3-9,13,15H,10-12,14,16H2,1-2H3,(H,24,28). The number of hydrogen-bond donors (Lipinski definition) is 1. The van der Waals surface area contributed by atoms with Gasteiger partial charge in [0.15, 0.2) is 0 Å². The molecular weight excluding hydrogens is 364 g/mol. The smallest absolute Gasteiger partial charge is 0.234 e. The molecule has 1 N–H and O–H groups in total. The van der Waals surface area contributed by atoms with E-state index in [2.05, 4.69) is 58.8 Å². The van der Waals surface area contributed by atoms with Crippen LogP contribution in [0.3, 0.4) is 0 Å². The van der Waals surface area contributed by atoms with E-state index < -0.39 is 0 Å². The van der Waals surface area contributed by atoms with Crippen LogP contribution in [0, 0.1) is 13.8 Å². The second kappa shape index (κ2) is 8.49. The fraction of sp³-hybridized carbons (Fsp3) is 0.304. The number of benzene rings is 1. The van der Waals surface area contributed by atoms with E-state index in [-0.39, 0.29) is 5.91 Å². The molecular formula is C23H26N4O2. The predicted octanol–water partition coefficient (Wildman–Crippen LogP) is 3.49. The molecule has 0 saturated heterocycles. The third-order valence-electron chi connectivity index (χ3n) is 5.17. The molecule has 1 amide bonds. The molecule has 3 aromatic rings. The van der Waals surface area contributed by atoms with Gasteiger partial charge in [0.05, 0.1) is 25.0 Å². The summed E-state index contributed by atoms with van der Waals surface area (Å²) in [4.78, 5) is 14.3. The Bertz CT molecular complexity index is 1010. The van der Waals surface area contributed by atoms with Crippen LogP contribution in [-0.2, 0) is 11.3 Å². The van der Waals surface area contributed by atoms with Crippen molar-refractivity contribution in [3.8, 4) is 5.69 Å². The minimum Gasteiger partial charge on any atom is -0.465 e. The normalized spacial score (nSPS) is 14.6. The van der Waals surface area contributed by atoms with Crippen LogP contribution in [0.4, 0.5) is 0 Å². The zero-order valence-electron chi connectivity index (χ0n) is 16.9. The summed E-state index contributed by atoms with van der Waals surface area (Å²) in [5, 5.41) is 7.42. The predicted molar refractivity (Wildman–Crippen MR) is 113 cm³/mol. The van der Waals surface area contributed by atoms with Gasteiger partial charge in [0.25, 0.3) is 0 Å². The second-order valence-corrected chi connectivity index (χ2v) is 7.51. The Morgan fingerprint density at radius 3 is 2.69 bits per heavy atom. The van der Waals surface area contributed by atoms with E-state index >= 15 is 0 Å². The number of nitrogens with one attached hydrogen (secondary N) is 1. The molecule has 1 aromatic carbocycles. The maximum atomic E-state index is 12.2. The highest BCUT2D eigenvalue weighted by Gasteiger charge is 2.17. The van der Waals surface area contributed by atoms with Crippen LogP contribution in [0.5, 0.6) is 0 Å². The number of aryl methyl sites for hydroxylation is 2. The Balaban J connectivity index is 1.30. The summed E-state index contributed by atoms with van der Waals surface area (Å²) in [7, 11) is 0. The van der Waals surface area contributed by atoms with E-state index in [0.717, 1.165) is 42.3 Å². The maximum Gasteiger partial charge on any atom is 0.234 e. The molecule has 3 heterocycles. The molecule has 4 rings (SSSR count). The van der Waals surface area contributed by atoms with Gasteiger partial charge >= 0.3 is 0 Å². The van der Waals surface area contributed by atoms with Crippen LogP contribution in [0.1, 0.15) is 29.1 Å². The topological polar surface area (TPSA) is 63.3 Å². The second-order valence-electron chi connectivity index (χ2n) is 7.51. The van der Waals surface area contributed by atoms with Gasteiger partial charge in [0.1, 0.15) is 11.5 Å². The van der Waals surface area contributed by atoms with Crippen molar-refractivity contribution in [1.29, 1.82) is 0 Å². The van der Waals surface area contributed by atoms with E-state index in [0.29, 0.717) is 13.1 Å². The molecule has 6 heteroatoms. The summed E-state index contributed by atoms with van der Waals surface area (Å²) < 4.78 is 7.39. The molecule has 29 heavy (non-hydrogen) atoms. The summed E-state index contributed by atoms with van der Waals surface area (Å²) in [5.74, 6) is 1.65. The van der Waals surface area contributed by atoms with Crippen molar-refractivity contribution in [3.63, 3.8) is 0 Å². The molecule has 0 aliphatic carbocycles. The highest BCUT2D eigenvalue weighted by atomic mass is 16.3. The van der Waals surface area contributed by atoms with Crippen LogP contribution in [-0.4, -0.2) is 40.2 Å². The van der Waals surface area contributed by atoms with Gasteiger partial charge in [-0.15, -0.1) is 0 Å². The van der Waals surface area contributed by atoms with Gasteiger partial charge in [-0.25, -0.2) is 4.68 Å². The van der Waals surface area contributed by atoms with E-state index in [1.54, 1.807) is 0 Å². The Morgan fingerprint density at radius 2 is 2.00 bits per heavy atom. The van der Waals surface area contributed by atoms with Crippen molar-refractivity contribution < 1.29 is 9.21 Å². The number of carbonyl (C=O) groups excluding carboxylic acids is 1. The molecule has 1 aliphatic rings. The molecule has 0 atom stereocenters. The van der Waals surface area contributed by atoms with Crippen molar-refractivity contribution >= 4 is 11.5 Å². The zero-order chi connectivity index (χ0) is 20.2. The van der Waals surface area contributed by atoms with Crippen molar-refractivity contribution in [3.05, 3.63) is 77.5 Å². The average Bonchev–Trinajstić information content (AvgIpc) is 3.37. The van der Waals surface area contributed by atoms with Crippen molar-refractivity contribution in [2.45, 2.75) is 26.8 Å². The number of amides is 1. The third kappa shape index (κ3) is 4.84. The van der Waals surface area contributed by atoms with Gasteiger partial charge in [-0.3, -0.25) is 9.69 Å². The van der Waals surface area contributed by atoms with E-state index in [4.69, 9.17) is 4.42 Å². The van der Waals surface area contributed by atoms with Gasteiger partial charge in [0.2, 0.25) is 5.91 Å². The van der Waals surface area contributed by atoms with Crippen LogP contribution >= 0.6 is 0 Å². The molecule has 1 aliphatic heterocycles. The fourth-order valence-electron chi connectivity index (χ4n) is 3.47. The quantitative estimate of drug-likeness (QED) is 0.700. The number of furan rings is 1. The van der Waals surface area contributed by atoms with E-state index in [9.17, 15) is 4.79 Å². The first-order valence-corrected chi connectivity index (χ1v) is 9.92. The number of nitrogens with zero attached hydrogens (tertiary/aromatic N) is 3. The molecule has 6 nitrogen and oxygen atoms in total. The summed E-state index contributed by atoms with van der Waals surface area (Å²) in [6, 6.07) is 12.1. The summed E-state index contributed by atoms with van der Waals surface area (Å²) >= 11 is 0. The summed E-state index contributed by atoms with van der Waals surface area (Å²) in [5.41, 5.74) is 4.72. The lowest BCUT2D eigenvalue weighted by atomic mass is 10.0. The van der Waals surface area contributed by atoms with Crippen LogP contribution < -0.4 is 5.32 Å². The molecule has 0 unspecified atom stereocenters. The molecule has 0 saturated carbocycles. The van der Waals surface area contributed by atoms with Crippen LogP contribution in [0.15, 0.2) is 59.3 Å². The first-order chi connectivity index (χ1) is 14.1. The Kier molecular flexibility index (Phi) is 5.62. The lowest BCUT2D eigenvalue weighted by molar-refractivity contribution is -0.122. The van der Waals surface area contributed by atoms with Crippen molar-refractivity contribution in [2.75, 3.05) is 19.6 Å². The third-order valence-corrected chi connectivity index (χ3v) is 5.17. The molecule has 0 fully saturated rings. The van der Waals surface area contributed by atoms with Crippen molar-refractivity contribution in [1.82, 2.24) is 20.0 Å². The number of rotatable bonds is 6. The van der Waals surface area contributed by atoms with Gasteiger partial charge < -0.3 is 9.73 Å². The number of aromatic nitrogens is 2.